The summed E-state index contributed by atoms with van der Waals surface area (Å²) in [6, 6.07) is 5.56. The lowest BCUT2D eigenvalue weighted by atomic mass is 10.2. The average molecular weight is 272 g/mol. The molecule has 0 radical (unpaired) electrons. The van der Waals surface area contributed by atoms with Crippen LogP contribution in [0.4, 0.5) is 0 Å². The minimum atomic E-state index is 0.243. The minimum absolute atomic E-state index is 0.243. The molecule has 18 heavy (non-hydrogen) atoms. The van der Waals surface area contributed by atoms with Gasteiger partial charge in [-0.2, -0.15) is 0 Å². The maximum absolute atomic E-state index is 8.38. The highest BCUT2D eigenvalue weighted by Crippen LogP contribution is 2.25. The van der Waals surface area contributed by atoms with Gasteiger partial charge in [0.25, 0.3) is 0 Å². The Bertz CT molecular complexity index is 410. The van der Waals surface area contributed by atoms with E-state index in [1.807, 2.05) is 18.2 Å². The van der Waals surface area contributed by atoms with Crippen LogP contribution < -0.4 is 15.8 Å². The van der Waals surface area contributed by atoms with Gasteiger partial charge in [0.2, 0.25) is 0 Å². The van der Waals surface area contributed by atoms with E-state index in [1.54, 1.807) is 7.11 Å². The Balaban J connectivity index is 2.40. The standard InChI is InChI=1S/C12H18ClN3O2/c1-18-11-5-2-4-10(13)9(11)8-15-7-3-6-12(14)16-17/h2,4-5,15,17H,3,6-8H2,1H3,(H2,14,16). The fourth-order valence-corrected chi connectivity index (χ4v) is 1.79. The van der Waals surface area contributed by atoms with Crippen LogP contribution in [-0.2, 0) is 6.54 Å². The van der Waals surface area contributed by atoms with E-state index < -0.39 is 0 Å². The zero-order chi connectivity index (χ0) is 13.4. The number of hydrogen-bond donors (Lipinski definition) is 3. The fraction of sp³-hybridized carbons (Fsp3) is 0.417. The first-order valence-electron chi connectivity index (χ1n) is 5.67. The normalized spacial score (nSPS) is 11.6. The van der Waals surface area contributed by atoms with Crippen LogP contribution in [0.1, 0.15) is 18.4 Å². The molecule has 100 valence electrons. The van der Waals surface area contributed by atoms with Crippen molar-refractivity contribution >= 4 is 17.4 Å². The molecule has 0 spiro atoms. The highest BCUT2D eigenvalue weighted by molar-refractivity contribution is 6.31. The number of hydrogen-bond acceptors (Lipinski definition) is 4. The summed E-state index contributed by atoms with van der Waals surface area (Å²) in [5, 5.41) is 15.2. The summed E-state index contributed by atoms with van der Waals surface area (Å²) in [7, 11) is 1.62. The predicted octanol–water partition coefficient (Wildman–Crippen LogP) is 1.96. The van der Waals surface area contributed by atoms with Crippen molar-refractivity contribution in [1.29, 1.82) is 0 Å². The number of methoxy groups -OCH3 is 1. The highest BCUT2D eigenvalue weighted by atomic mass is 35.5. The smallest absolute Gasteiger partial charge is 0.139 e. The first-order chi connectivity index (χ1) is 8.69. The van der Waals surface area contributed by atoms with Crippen LogP contribution in [-0.4, -0.2) is 24.7 Å². The molecule has 1 aromatic rings. The van der Waals surface area contributed by atoms with E-state index in [0.717, 1.165) is 24.3 Å². The minimum Gasteiger partial charge on any atom is -0.496 e. The van der Waals surface area contributed by atoms with Crippen LogP contribution in [0.3, 0.4) is 0 Å². The third kappa shape index (κ3) is 4.43. The zero-order valence-corrected chi connectivity index (χ0v) is 11.1. The molecule has 0 bridgehead atoms. The van der Waals surface area contributed by atoms with Gasteiger partial charge in [-0.05, 0) is 25.1 Å². The van der Waals surface area contributed by atoms with Gasteiger partial charge in [0, 0.05) is 23.6 Å². The van der Waals surface area contributed by atoms with E-state index in [-0.39, 0.29) is 5.84 Å². The number of oxime groups is 1. The lowest BCUT2D eigenvalue weighted by Crippen LogP contribution is -2.19. The molecule has 0 aliphatic rings. The molecule has 0 atom stereocenters. The molecule has 0 saturated carbocycles. The number of benzene rings is 1. The molecule has 0 amide bonds. The first-order valence-corrected chi connectivity index (χ1v) is 6.05. The lowest BCUT2D eigenvalue weighted by molar-refractivity contribution is 0.316. The van der Waals surface area contributed by atoms with Gasteiger partial charge in [0.1, 0.15) is 11.6 Å². The molecule has 0 saturated heterocycles. The maximum atomic E-state index is 8.38. The summed E-state index contributed by atoms with van der Waals surface area (Å²) in [4.78, 5) is 0. The van der Waals surface area contributed by atoms with Gasteiger partial charge < -0.3 is 21.0 Å². The topological polar surface area (TPSA) is 79.9 Å². The summed E-state index contributed by atoms with van der Waals surface area (Å²) in [6.45, 7) is 1.38. The van der Waals surface area contributed by atoms with Crippen molar-refractivity contribution in [1.82, 2.24) is 5.32 Å². The molecule has 0 heterocycles. The van der Waals surface area contributed by atoms with Gasteiger partial charge in [0.15, 0.2) is 0 Å². The van der Waals surface area contributed by atoms with Crippen molar-refractivity contribution < 1.29 is 9.94 Å². The second-order valence-electron chi connectivity index (χ2n) is 3.79. The van der Waals surface area contributed by atoms with Crippen molar-refractivity contribution in [3.05, 3.63) is 28.8 Å². The van der Waals surface area contributed by atoms with Crippen molar-refractivity contribution in [3.8, 4) is 5.75 Å². The molecular formula is C12H18ClN3O2. The number of ether oxygens (including phenoxy) is 1. The Kier molecular flexibility index (Phi) is 6.32. The zero-order valence-electron chi connectivity index (χ0n) is 10.3. The van der Waals surface area contributed by atoms with Gasteiger partial charge in [-0.1, -0.05) is 22.8 Å². The van der Waals surface area contributed by atoms with Gasteiger partial charge >= 0.3 is 0 Å². The maximum Gasteiger partial charge on any atom is 0.139 e. The third-order valence-electron chi connectivity index (χ3n) is 2.51. The van der Waals surface area contributed by atoms with Crippen LogP contribution in [0.5, 0.6) is 5.75 Å². The van der Waals surface area contributed by atoms with Crippen molar-refractivity contribution in [2.75, 3.05) is 13.7 Å². The molecule has 0 aromatic heterocycles. The number of rotatable bonds is 7. The summed E-state index contributed by atoms with van der Waals surface area (Å²) in [6.07, 6.45) is 1.35. The first kappa shape index (κ1) is 14.6. The monoisotopic (exact) mass is 271 g/mol. The molecule has 1 aromatic carbocycles. The Labute approximate surface area is 112 Å². The number of nitrogens with two attached hydrogens (primary N) is 1. The predicted molar refractivity (Wildman–Crippen MR) is 72.4 cm³/mol. The molecule has 4 N–H and O–H groups in total. The number of amidine groups is 1. The van der Waals surface area contributed by atoms with Crippen LogP contribution in [0.2, 0.25) is 5.02 Å². The molecule has 5 nitrogen and oxygen atoms in total. The van der Waals surface area contributed by atoms with Crippen LogP contribution >= 0.6 is 11.6 Å². The molecule has 1 rings (SSSR count). The van der Waals surface area contributed by atoms with E-state index in [4.69, 9.17) is 27.3 Å². The molecule has 6 heteroatoms. The van der Waals surface area contributed by atoms with Crippen LogP contribution in [0, 0.1) is 0 Å². The van der Waals surface area contributed by atoms with Gasteiger partial charge in [-0.25, -0.2) is 0 Å². The van der Waals surface area contributed by atoms with Gasteiger partial charge in [-0.15, -0.1) is 0 Å². The van der Waals surface area contributed by atoms with E-state index >= 15 is 0 Å². The molecule has 0 aliphatic carbocycles. The summed E-state index contributed by atoms with van der Waals surface area (Å²) < 4.78 is 5.24. The van der Waals surface area contributed by atoms with Crippen molar-refractivity contribution in [2.45, 2.75) is 19.4 Å². The Morgan fingerprint density at radius 1 is 1.56 bits per heavy atom. The van der Waals surface area contributed by atoms with Crippen molar-refractivity contribution in [3.63, 3.8) is 0 Å². The fourth-order valence-electron chi connectivity index (χ4n) is 1.56. The van der Waals surface area contributed by atoms with E-state index in [0.29, 0.717) is 18.0 Å². The van der Waals surface area contributed by atoms with Gasteiger partial charge in [0.05, 0.1) is 7.11 Å². The van der Waals surface area contributed by atoms with E-state index in [9.17, 15) is 0 Å². The molecule has 0 fully saturated rings. The lowest BCUT2D eigenvalue weighted by Gasteiger charge is -2.11. The molecule has 0 aliphatic heterocycles. The largest absolute Gasteiger partial charge is 0.496 e. The van der Waals surface area contributed by atoms with E-state index in [2.05, 4.69) is 10.5 Å². The van der Waals surface area contributed by atoms with Crippen molar-refractivity contribution in [2.24, 2.45) is 10.9 Å². The third-order valence-corrected chi connectivity index (χ3v) is 2.87. The Hall–Kier alpha value is -1.46. The summed E-state index contributed by atoms with van der Waals surface area (Å²) in [5.41, 5.74) is 6.30. The number of halogens is 1. The number of nitrogens with one attached hydrogen (secondary N) is 1. The second kappa shape index (κ2) is 7.79. The number of nitrogens with zero attached hydrogens (tertiary/aromatic N) is 1. The van der Waals surface area contributed by atoms with Crippen LogP contribution in [0.25, 0.3) is 0 Å². The second-order valence-corrected chi connectivity index (χ2v) is 4.20. The van der Waals surface area contributed by atoms with Gasteiger partial charge in [-0.3, -0.25) is 0 Å². The molecule has 0 unspecified atom stereocenters. The Morgan fingerprint density at radius 3 is 3.00 bits per heavy atom. The quantitative estimate of drug-likeness (QED) is 0.233. The SMILES string of the molecule is COc1cccc(Cl)c1CNCCC/C(N)=N/O. The van der Waals surface area contributed by atoms with E-state index in [1.165, 1.54) is 0 Å². The Morgan fingerprint density at radius 2 is 2.33 bits per heavy atom. The molecular weight excluding hydrogens is 254 g/mol. The van der Waals surface area contributed by atoms with Crippen LogP contribution in [0.15, 0.2) is 23.4 Å². The highest BCUT2D eigenvalue weighted by Gasteiger charge is 2.06. The average Bonchev–Trinajstić information content (AvgIpc) is 2.39. The summed E-state index contributed by atoms with van der Waals surface area (Å²) >= 11 is 6.10. The summed E-state index contributed by atoms with van der Waals surface area (Å²) in [5.74, 6) is 1.01.